The van der Waals surface area contributed by atoms with Gasteiger partial charge in [0.25, 0.3) is 0 Å². The summed E-state index contributed by atoms with van der Waals surface area (Å²) in [5, 5.41) is 2.89. The second kappa shape index (κ2) is 6.18. The molecule has 3 heteroatoms. The molecule has 3 nitrogen and oxygen atoms in total. The van der Waals surface area contributed by atoms with Crippen LogP contribution >= 0.6 is 0 Å². The Kier molecular flexibility index (Phi) is 3.92. The van der Waals surface area contributed by atoms with Crippen LogP contribution in [0.2, 0.25) is 0 Å². The fourth-order valence-electron chi connectivity index (χ4n) is 2.29. The van der Waals surface area contributed by atoms with Crippen molar-refractivity contribution in [3.05, 3.63) is 71.9 Å². The Morgan fingerprint density at radius 2 is 1.81 bits per heavy atom. The van der Waals surface area contributed by atoms with Crippen LogP contribution in [0.3, 0.4) is 0 Å². The smallest absolute Gasteiger partial charge is 0.228 e. The molecule has 1 amide bonds. The number of amides is 1. The predicted octanol–water partition coefficient (Wildman–Crippen LogP) is 3.68. The third kappa shape index (κ3) is 3.45. The predicted molar refractivity (Wildman–Crippen MR) is 86.3 cm³/mol. The molecule has 0 aromatic heterocycles. The molecule has 0 spiro atoms. The molecule has 0 radical (unpaired) electrons. The number of rotatable bonds is 4. The highest BCUT2D eigenvalue weighted by atomic mass is 16.1. The minimum atomic E-state index is -0.00244. The molecule has 1 heterocycles. The third-order valence-electron chi connectivity index (χ3n) is 3.39. The number of hydrogen-bond acceptors (Lipinski definition) is 2. The molecule has 0 atom stereocenters. The summed E-state index contributed by atoms with van der Waals surface area (Å²) in [5.74, 6) is -0.00244. The Morgan fingerprint density at radius 3 is 2.48 bits per heavy atom. The number of allylic oxidation sites excluding steroid dienone is 1. The monoisotopic (exact) mass is 276 g/mol. The highest BCUT2D eigenvalue weighted by Gasteiger charge is 2.06. The lowest BCUT2D eigenvalue weighted by molar-refractivity contribution is -0.115. The van der Waals surface area contributed by atoms with E-state index in [1.54, 1.807) is 0 Å². The van der Waals surface area contributed by atoms with E-state index in [-0.39, 0.29) is 5.91 Å². The van der Waals surface area contributed by atoms with Crippen molar-refractivity contribution in [3.63, 3.8) is 0 Å². The van der Waals surface area contributed by atoms with Gasteiger partial charge < -0.3 is 5.32 Å². The number of nitrogens with one attached hydrogen (secondary N) is 1. The van der Waals surface area contributed by atoms with Gasteiger partial charge in [0.2, 0.25) is 5.91 Å². The van der Waals surface area contributed by atoms with Crippen molar-refractivity contribution >= 4 is 23.4 Å². The molecular formula is C18H16N2O. The van der Waals surface area contributed by atoms with Crippen molar-refractivity contribution in [1.29, 1.82) is 0 Å². The van der Waals surface area contributed by atoms with Crippen molar-refractivity contribution in [1.82, 2.24) is 0 Å². The molecule has 0 saturated carbocycles. The van der Waals surface area contributed by atoms with E-state index in [0.29, 0.717) is 6.42 Å². The van der Waals surface area contributed by atoms with Crippen LogP contribution in [0.25, 0.3) is 5.57 Å². The van der Waals surface area contributed by atoms with Crippen molar-refractivity contribution in [2.75, 3.05) is 5.32 Å². The van der Waals surface area contributed by atoms with Gasteiger partial charge in [-0.05, 0) is 28.8 Å². The standard InChI is InChI=1S/C18H16N2O/c21-18(20-17-4-2-1-3-5-17)12-14-6-8-15(9-7-14)16-10-11-19-13-16/h1-9,11,13H,10,12H2,(H,20,21). The molecule has 1 N–H and O–H groups in total. The molecule has 2 aromatic rings. The van der Waals surface area contributed by atoms with E-state index in [9.17, 15) is 4.79 Å². The number of carbonyl (C=O) groups is 1. The van der Waals surface area contributed by atoms with Gasteiger partial charge in [-0.1, -0.05) is 42.5 Å². The summed E-state index contributed by atoms with van der Waals surface area (Å²) in [6, 6.07) is 17.6. The number of benzene rings is 2. The average Bonchev–Trinajstić information content (AvgIpc) is 3.03. The fourth-order valence-corrected chi connectivity index (χ4v) is 2.29. The number of anilines is 1. The van der Waals surface area contributed by atoms with Gasteiger partial charge in [-0.2, -0.15) is 0 Å². The van der Waals surface area contributed by atoms with E-state index < -0.39 is 0 Å². The Balaban J connectivity index is 1.61. The van der Waals surface area contributed by atoms with E-state index in [0.717, 1.165) is 17.7 Å². The first kappa shape index (κ1) is 13.3. The summed E-state index contributed by atoms with van der Waals surface area (Å²) in [4.78, 5) is 16.1. The Labute approximate surface area is 124 Å². The molecule has 104 valence electrons. The molecule has 1 aliphatic heterocycles. The van der Waals surface area contributed by atoms with E-state index in [1.807, 2.05) is 67.0 Å². The van der Waals surface area contributed by atoms with E-state index in [1.165, 1.54) is 11.1 Å². The molecule has 0 fully saturated rings. The van der Waals surface area contributed by atoms with Crippen molar-refractivity contribution < 1.29 is 4.79 Å². The quantitative estimate of drug-likeness (QED) is 0.909. The second-order valence-electron chi connectivity index (χ2n) is 4.98. The first-order chi connectivity index (χ1) is 10.3. The maximum atomic E-state index is 12.0. The van der Waals surface area contributed by atoms with E-state index >= 15 is 0 Å². The lowest BCUT2D eigenvalue weighted by Crippen LogP contribution is -2.14. The first-order valence-electron chi connectivity index (χ1n) is 6.96. The van der Waals surface area contributed by atoms with Crippen LogP contribution in [0, 0.1) is 0 Å². The summed E-state index contributed by atoms with van der Waals surface area (Å²) in [6.45, 7) is 0. The largest absolute Gasteiger partial charge is 0.326 e. The normalized spacial score (nSPS) is 13.0. The summed E-state index contributed by atoms with van der Waals surface area (Å²) in [5.41, 5.74) is 4.22. The van der Waals surface area contributed by atoms with Gasteiger partial charge >= 0.3 is 0 Å². The topological polar surface area (TPSA) is 41.5 Å². The van der Waals surface area contributed by atoms with Crippen LogP contribution in [0.1, 0.15) is 17.5 Å². The average molecular weight is 276 g/mol. The Hall–Kier alpha value is -2.68. The molecule has 0 unspecified atom stereocenters. The maximum Gasteiger partial charge on any atom is 0.228 e. The number of carbonyl (C=O) groups excluding carboxylic acids is 1. The minimum Gasteiger partial charge on any atom is -0.326 e. The van der Waals surface area contributed by atoms with Gasteiger partial charge in [0.15, 0.2) is 0 Å². The number of hydrogen-bond donors (Lipinski definition) is 1. The lowest BCUT2D eigenvalue weighted by atomic mass is 10.0. The van der Waals surface area contributed by atoms with Crippen LogP contribution < -0.4 is 5.32 Å². The van der Waals surface area contributed by atoms with Gasteiger partial charge in [0.1, 0.15) is 0 Å². The highest BCUT2D eigenvalue weighted by Crippen LogP contribution is 2.21. The number of nitrogens with zero attached hydrogens (tertiary/aromatic N) is 1. The second-order valence-corrected chi connectivity index (χ2v) is 4.98. The maximum absolute atomic E-state index is 12.0. The van der Waals surface area contributed by atoms with Crippen LogP contribution in [0.15, 0.2) is 65.8 Å². The zero-order valence-electron chi connectivity index (χ0n) is 11.6. The lowest BCUT2D eigenvalue weighted by Gasteiger charge is -2.06. The third-order valence-corrected chi connectivity index (χ3v) is 3.39. The van der Waals surface area contributed by atoms with Crippen LogP contribution in [0.4, 0.5) is 5.69 Å². The molecule has 0 bridgehead atoms. The summed E-state index contributed by atoms with van der Waals surface area (Å²) >= 11 is 0. The number of aliphatic imine (C=N–C) groups is 1. The SMILES string of the molecule is O=C(Cc1ccc(C2=CN=CC2)cc1)Nc1ccccc1. The van der Waals surface area contributed by atoms with E-state index in [2.05, 4.69) is 10.3 Å². The van der Waals surface area contributed by atoms with Gasteiger partial charge in [-0.15, -0.1) is 0 Å². The molecule has 0 saturated heterocycles. The van der Waals surface area contributed by atoms with Crippen molar-refractivity contribution in [3.8, 4) is 0 Å². The minimum absolute atomic E-state index is 0.00244. The molecule has 0 aliphatic carbocycles. The Bertz CT molecular complexity index is 685. The van der Waals surface area contributed by atoms with Crippen LogP contribution in [0.5, 0.6) is 0 Å². The number of para-hydroxylation sites is 1. The molecular weight excluding hydrogens is 260 g/mol. The van der Waals surface area contributed by atoms with Gasteiger partial charge in [-0.3, -0.25) is 9.79 Å². The first-order valence-corrected chi connectivity index (χ1v) is 6.96. The van der Waals surface area contributed by atoms with E-state index in [4.69, 9.17) is 0 Å². The van der Waals surface area contributed by atoms with Crippen molar-refractivity contribution in [2.24, 2.45) is 4.99 Å². The van der Waals surface area contributed by atoms with Gasteiger partial charge in [0.05, 0.1) is 6.42 Å². The molecule has 21 heavy (non-hydrogen) atoms. The zero-order valence-corrected chi connectivity index (χ0v) is 11.6. The summed E-state index contributed by atoms with van der Waals surface area (Å²) in [7, 11) is 0. The molecule has 3 rings (SSSR count). The highest BCUT2D eigenvalue weighted by molar-refractivity contribution is 5.92. The molecule has 2 aromatic carbocycles. The fraction of sp³-hybridized carbons (Fsp3) is 0.111. The van der Waals surface area contributed by atoms with Crippen molar-refractivity contribution in [2.45, 2.75) is 12.8 Å². The zero-order chi connectivity index (χ0) is 14.5. The molecule has 1 aliphatic rings. The van der Waals surface area contributed by atoms with Gasteiger partial charge in [-0.25, -0.2) is 0 Å². The summed E-state index contributed by atoms with van der Waals surface area (Å²) in [6.07, 6.45) is 5.05. The Morgan fingerprint density at radius 1 is 1.05 bits per heavy atom. The summed E-state index contributed by atoms with van der Waals surface area (Å²) < 4.78 is 0. The van der Waals surface area contributed by atoms with Crippen LogP contribution in [-0.2, 0) is 11.2 Å². The van der Waals surface area contributed by atoms with Crippen LogP contribution in [-0.4, -0.2) is 12.1 Å². The van der Waals surface area contributed by atoms with Gasteiger partial charge in [0, 0.05) is 24.5 Å².